The largest absolute Gasteiger partial charge is 0.756 e. The van der Waals surface area contributed by atoms with E-state index in [1.54, 1.807) is 36.5 Å². The average molecular weight is 950 g/mol. The molecule has 0 aliphatic carbocycles. The highest BCUT2D eigenvalue weighted by molar-refractivity contribution is 7.45. The van der Waals surface area contributed by atoms with E-state index in [-0.39, 0.29) is 26.1 Å². The number of quaternary nitrogens is 1. The van der Waals surface area contributed by atoms with Crippen LogP contribution in [-0.2, 0) is 32.7 Å². The van der Waals surface area contributed by atoms with Crippen LogP contribution in [-0.4, -0.2) is 92.5 Å². The molecular weight excluding hydrogens is 854 g/mol. The summed E-state index contributed by atoms with van der Waals surface area (Å²) in [5.41, 5.74) is 0. The van der Waals surface area contributed by atoms with E-state index in [4.69, 9.17) is 18.5 Å². The maximum absolute atomic E-state index is 12.7. The van der Waals surface area contributed by atoms with Crippen molar-refractivity contribution < 1.29 is 52.3 Å². The van der Waals surface area contributed by atoms with Crippen LogP contribution in [0, 0.1) is 0 Å². The molecule has 2 N–H and O–H groups in total. The number of likely N-dealkylation sites (N-methyl/N-ethyl adjacent to an activating group) is 1. The van der Waals surface area contributed by atoms with Gasteiger partial charge in [0.15, 0.2) is 6.10 Å². The van der Waals surface area contributed by atoms with Crippen LogP contribution in [0.4, 0.5) is 0 Å². The summed E-state index contributed by atoms with van der Waals surface area (Å²) in [4.78, 5) is 37.7. The molecule has 4 atom stereocenters. The molecule has 12 heteroatoms. The molecule has 11 nitrogen and oxygen atoms in total. The minimum atomic E-state index is -4.67. The Morgan fingerprint density at radius 1 is 0.576 bits per heavy atom. The summed E-state index contributed by atoms with van der Waals surface area (Å²) in [6, 6.07) is 0. The van der Waals surface area contributed by atoms with Crippen molar-refractivity contribution in [1.82, 2.24) is 0 Å². The number of carbonyl (C=O) groups is 2. The number of nitrogens with zero attached hydrogens (tertiary/aromatic N) is 1. The third-order valence-electron chi connectivity index (χ3n) is 10.9. The maximum atomic E-state index is 12.7. The van der Waals surface area contributed by atoms with E-state index >= 15 is 0 Å². The average Bonchev–Trinajstić information content (AvgIpc) is 3.26. The minimum Gasteiger partial charge on any atom is -0.756 e. The molecular formula is C54H96NO10P. The molecule has 0 bridgehead atoms. The summed E-state index contributed by atoms with van der Waals surface area (Å²) in [7, 11) is 1.06. The normalized spacial score (nSPS) is 15.0. The van der Waals surface area contributed by atoms with Crippen molar-refractivity contribution in [3.05, 3.63) is 72.9 Å². The van der Waals surface area contributed by atoms with Crippen LogP contribution < -0.4 is 4.89 Å². The number of unbranched alkanes of at least 4 members (excludes halogenated alkanes) is 20. The van der Waals surface area contributed by atoms with E-state index in [2.05, 4.69) is 13.8 Å². The molecule has 0 aliphatic rings. The van der Waals surface area contributed by atoms with E-state index in [1.165, 1.54) is 109 Å². The molecule has 0 aromatic rings. The van der Waals surface area contributed by atoms with E-state index < -0.39 is 44.7 Å². The number of phosphoric acid groups is 1. The molecule has 0 amide bonds. The molecule has 0 aliphatic heterocycles. The SMILES string of the molecule is CC/C=C\C[C@@H](O)/C=C/C=C\C=C\[C@@H](O)C/C=C\C/C=C\CCC(=O)OC[C@H](COP(=O)([O-])OCC[N+](C)(C)C)OC(=O)CCCCCCCCCCCCCCCCCCCCCCC. The molecule has 0 radical (unpaired) electrons. The molecule has 0 aromatic heterocycles. The van der Waals surface area contributed by atoms with Crippen LogP contribution in [0.3, 0.4) is 0 Å². The van der Waals surface area contributed by atoms with E-state index in [0.29, 0.717) is 43.1 Å². The Bertz CT molecular complexity index is 1380. The molecule has 66 heavy (non-hydrogen) atoms. The first-order valence-corrected chi connectivity index (χ1v) is 27.3. The number of hydrogen-bond acceptors (Lipinski definition) is 10. The number of aliphatic hydroxyl groups excluding tert-OH is 2. The molecule has 0 rings (SSSR count). The van der Waals surface area contributed by atoms with Crippen LogP contribution in [0.15, 0.2) is 72.9 Å². The topological polar surface area (TPSA) is 152 Å². The number of allylic oxidation sites excluding steroid dienone is 8. The number of aliphatic hydroxyl groups is 2. The fourth-order valence-electron chi connectivity index (χ4n) is 6.86. The summed E-state index contributed by atoms with van der Waals surface area (Å²) < 4.78 is 33.9. The van der Waals surface area contributed by atoms with Crippen molar-refractivity contribution in [1.29, 1.82) is 0 Å². The van der Waals surface area contributed by atoms with Gasteiger partial charge in [0.2, 0.25) is 0 Å². The van der Waals surface area contributed by atoms with Gasteiger partial charge in [0, 0.05) is 12.8 Å². The summed E-state index contributed by atoms with van der Waals surface area (Å²) in [6.07, 6.45) is 50.1. The molecule has 382 valence electrons. The Kier molecular flexibility index (Phi) is 43.1. The van der Waals surface area contributed by atoms with Gasteiger partial charge in [-0.25, -0.2) is 0 Å². The molecule has 0 spiro atoms. The van der Waals surface area contributed by atoms with Gasteiger partial charge in [0.25, 0.3) is 7.82 Å². The number of esters is 2. The zero-order valence-electron chi connectivity index (χ0n) is 42.3. The Labute approximate surface area is 403 Å². The Balaban J connectivity index is 4.44. The smallest absolute Gasteiger partial charge is 0.306 e. The molecule has 1 unspecified atom stereocenters. The Morgan fingerprint density at radius 2 is 1.05 bits per heavy atom. The number of carbonyl (C=O) groups excluding carboxylic acids is 2. The zero-order valence-corrected chi connectivity index (χ0v) is 43.2. The fraction of sp³-hybridized carbons (Fsp3) is 0.741. The predicted molar refractivity (Wildman–Crippen MR) is 271 cm³/mol. The quantitative estimate of drug-likeness (QED) is 0.0151. The first-order chi connectivity index (χ1) is 31.8. The summed E-state index contributed by atoms with van der Waals surface area (Å²) in [5.74, 6) is -0.999. The summed E-state index contributed by atoms with van der Waals surface area (Å²) in [5, 5.41) is 20.0. The highest BCUT2D eigenvalue weighted by Crippen LogP contribution is 2.38. The van der Waals surface area contributed by atoms with Crippen molar-refractivity contribution in [3.63, 3.8) is 0 Å². The zero-order chi connectivity index (χ0) is 48.8. The van der Waals surface area contributed by atoms with Gasteiger partial charge < -0.3 is 38.1 Å². The summed E-state index contributed by atoms with van der Waals surface area (Å²) in [6.45, 7) is 3.85. The van der Waals surface area contributed by atoms with Gasteiger partial charge in [0.05, 0.1) is 40.0 Å². The fourth-order valence-corrected chi connectivity index (χ4v) is 7.59. The molecule has 0 aromatic carbocycles. The second-order valence-electron chi connectivity index (χ2n) is 18.6. The van der Waals surface area contributed by atoms with Gasteiger partial charge in [-0.15, -0.1) is 0 Å². The molecule has 0 fully saturated rings. The van der Waals surface area contributed by atoms with Gasteiger partial charge in [0.1, 0.15) is 19.8 Å². The van der Waals surface area contributed by atoms with Crippen molar-refractivity contribution in [2.45, 2.75) is 212 Å². The van der Waals surface area contributed by atoms with Crippen LogP contribution in [0.1, 0.15) is 194 Å². The predicted octanol–water partition coefficient (Wildman–Crippen LogP) is 12.7. The van der Waals surface area contributed by atoms with Gasteiger partial charge in [-0.3, -0.25) is 14.2 Å². The van der Waals surface area contributed by atoms with Crippen molar-refractivity contribution in [2.24, 2.45) is 0 Å². The number of ether oxygens (including phenoxy) is 2. The Hall–Kier alpha value is -2.63. The Morgan fingerprint density at radius 3 is 1.53 bits per heavy atom. The van der Waals surface area contributed by atoms with Gasteiger partial charge in [-0.1, -0.05) is 215 Å². The van der Waals surface area contributed by atoms with Crippen LogP contribution in [0.2, 0.25) is 0 Å². The first-order valence-electron chi connectivity index (χ1n) is 25.9. The van der Waals surface area contributed by atoms with E-state index in [0.717, 1.165) is 25.7 Å². The lowest BCUT2D eigenvalue weighted by molar-refractivity contribution is -0.870. The first kappa shape index (κ1) is 63.4. The second kappa shape index (κ2) is 44.9. The van der Waals surface area contributed by atoms with E-state index in [9.17, 15) is 29.3 Å². The number of hydrogen-bond donors (Lipinski definition) is 2. The van der Waals surface area contributed by atoms with Crippen molar-refractivity contribution in [2.75, 3.05) is 47.5 Å². The lowest BCUT2D eigenvalue weighted by atomic mass is 10.0. The minimum absolute atomic E-state index is 0.0621. The molecule has 0 heterocycles. The molecule has 0 saturated carbocycles. The van der Waals surface area contributed by atoms with Crippen LogP contribution in [0.5, 0.6) is 0 Å². The number of rotatable bonds is 46. The van der Waals surface area contributed by atoms with Gasteiger partial charge in [-0.2, -0.15) is 0 Å². The van der Waals surface area contributed by atoms with Crippen LogP contribution in [0.25, 0.3) is 0 Å². The highest BCUT2D eigenvalue weighted by atomic mass is 31.2. The second-order valence-corrected chi connectivity index (χ2v) is 20.0. The monoisotopic (exact) mass is 950 g/mol. The lowest BCUT2D eigenvalue weighted by Gasteiger charge is -2.28. The standard InChI is InChI=1S/C54H96NO10P/c1-6-8-10-11-12-13-14-15-16-17-18-19-20-21-22-23-24-25-26-31-39-45-54(59)65-52(49-64-66(60,61)63-47-46-55(3,4)5)48-62-53(58)44-38-30-28-27-29-35-41-51(57)43-37-33-32-36-42-50(56)40-34-9-7-2/h9,28-30,32-37,42-43,50-52,56-57H,6-8,10-27,31,38-41,44-49H2,1-5H3/b30-28-,33-32-,34-9-,35-29-,42-36+,43-37+/t50-,51+,52-/m1/s1. The van der Waals surface area contributed by atoms with Gasteiger partial charge >= 0.3 is 11.9 Å². The van der Waals surface area contributed by atoms with Crippen molar-refractivity contribution >= 4 is 19.8 Å². The third kappa shape index (κ3) is 47.8. The van der Waals surface area contributed by atoms with Crippen molar-refractivity contribution in [3.8, 4) is 0 Å². The maximum Gasteiger partial charge on any atom is 0.306 e. The van der Waals surface area contributed by atoms with Gasteiger partial charge in [-0.05, 0) is 38.5 Å². The lowest BCUT2D eigenvalue weighted by Crippen LogP contribution is -2.37. The van der Waals surface area contributed by atoms with Crippen LogP contribution >= 0.6 is 7.82 Å². The molecule has 0 saturated heterocycles. The number of phosphoric ester groups is 1. The third-order valence-corrected chi connectivity index (χ3v) is 11.9. The highest BCUT2D eigenvalue weighted by Gasteiger charge is 2.21. The summed E-state index contributed by atoms with van der Waals surface area (Å²) >= 11 is 0. The van der Waals surface area contributed by atoms with E-state index in [1.807, 2.05) is 57.6 Å².